The first-order valence-corrected chi connectivity index (χ1v) is 6.54. The van der Waals surface area contributed by atoms with Gasteiger partial charge in [0.2, 0.25) is 5.88 Å². The van der Waals surface area contributed by atoms with Crippen LogP contribution in [-0.4, -0.2) is 4.98 Å². The van der Waals surface area contributed by atoms with E-state index in [4.69, 9.17) is 38.9 Å². The second-order valence-corrected chi connectivity index (χ2v) is 5.20. The number of ether oxygens (including phenoxy) is 1. The smallest absolute Gasteiger partial charge is 0.242 e. The fourth-order valence-electron chi connectivity index (χ4n) is 1.30. The van der Waals surface area contributed by atoms with Gasteiger partial charge in [-0.25, -0.2) is 4.98 Å². The molecular weight excluding hydrogens is 353 g/mol. The van der Waals surface area contributed by atoms with Crippen molar-refractivity contribution in [1.29, 1.82) is 5.26 Å². The van der Waals surface area contributed by atoms with Gasteiger partial charge in [0.15, 0.2) is 0 Å². The lowest BCUT2D eigenvalue weighted by Gasteiger charge is -2.09. The zero-order valence-electron chi connectivity index (χ0n) is 9.32. The Balaban J connectivity index is 2.37. The van der Waals surface area contributed by atoms with Gasteiger partial charge in [-0.15, -0.1) is 0 Å². The average Bonchev–Trinajstić information content (AvgIpc) is 2.38. The Hall–Kier alpha value is -1.48. The maximum Gasteiger partial charge on any atom is 0.242 e. The van der Waals surface area contributed by atoms with E-state index in [1.807, 2.05) is 6.07 Å². The maximum absolute atomic E-state index is 8.72. The molecule has 0 spiro atoms. The van der Waals surface area contributed by atoms with Crippen LogP contribution in [0.2, 0.25) is 10.0 Å². The normalized spacial score (nSPS) is 10.0. The summed E-state index contributed by atoms with van der Waals surface area (Å²) in [7, 11) is 0. The number of aromatic nitrogens is 1. The fraction of sp³-hybridized carbons (Fsp3) is 0. The van der Waals surface area contributed by atoms with Gasteiger partial charge in [0.05, 0.1) is 21.3 Å². The molecule has 96 valence electrons. The van der Waals surface area contributed by atoms with Crippen LogP contribution >= 0.6 is 39.1 Å². The van der Waals surface area contributed by atoms with Crippen LogP contribution < -0.4 is 10.5 Å². The van der Waals surface area contributed by atoms with E-state index < -0.39 is 0 Å². The lowest BCUT2D eigenvalue weighted by Crippen LogP contribution is -1.96. The first kappa shape index (κ1) is 13.9. The van der Waals surface area contributed by atoms with Crippen molar-refractivity contribution in [2.45, 2.75) is 0 Å². The number of anilines is 1. The number of benzene rings is 1. The van der Waals surface area contributed by atoms with Crippen LogP contribution in [0, 0.1) is 11.3 Å². The molecule has 0 aliphatic heterocycles. The number of halogens is 3. The second-order valence-electron chi connectivity index (χ2n) is 3.53. The molecule has 0 saturated carbocycles. The van der Waals surface area contributed by atoms with E-state index in [9.17, 15) is 0 Å². The van der Waals surface area contributed by atoms with Gasteiger partial charge in [-0.1, -0.05) is 23.2 Å². The highest BCUT2D eigenvalue weighted by Crippen LogP contribution is 2.37. The lowest BCUT2D eigenvalue weighted by atomic mass is 10.3. The number of nitrogens with zero attached hydrogens (tertiary/aromatic N) is 2. The molecule has 0 bridgehead atoms. The summed E-state index contributed by atoms with van der Waals surface area (Å²) in [6.45, 7) is 0. The van der Waals surface area contributed by atoms with Crippen LogP contribution in [0.3, 0.4) is 0 Å². The first-order valence-electron chi connectivity index (χ1n) is 4.99. The second kappa shape index (κ2) is 5.66. The Bertz CT molecular complexity index is 685. The zero-order valence-corrected chi connectivity index (χ0v) is 12.4. The highest BCUT2D eigenvalue weighted by atomic mass is 79.9. The van der Waals surface area contributed by atoms with Crippen molar-refractivity contribution >= 4 is 44.8 Å². The van der Waals surface area contributed by atoms with E-state index in [0.717, 1.165) is 0 Å². The van der Waals surface area contributed by atoms with Gasteiger partial charge in [-0.05, 0) is 28.1 Å². The molecule has 0 aliphatic carbocycles. The molecule has 4 nitrogen and oxygen atoms in total. The Morgan fingerprint density at radius 2 is 2.00 bits per heavy atom. The summed E-state index contributed by atoms with van der Waals surface area (Å²) in [5, 5.41) is 9.54. The van der Waals surface area contributed by atoms with Crippen LogP contribution in [0.15, 0.2) is 28.9 Å². The fourth-order valence-corrected chi connectivity index (χ4v) is 2.13. The summed E-state index contributed by atoms with van der Waals surface area (Å²) in [5.41, 5.74) is 6.34. The van der Waals surface area contributed by atoms with Crippen LogP contribution in [-0.2, 0) is 0 Å². The average molecular weight is 359 g/mol. The summed E-state index contributed by atoms with van der Waals surface area (Å²) in [4.78, 5) is 3.95. The van der Waals surface area contributed by atoms with Crippen LogP contribution in [0.5, 0.6) is 11.6 Å². The van der Waals surface area contributed by atoms with Gasteiger partial charge in [0, 0.05) is 16.7 Å². The third-order valence-corrected chi connectivity index (χ3v) is 3.68. The highest BCUT2D eigenvalue weighted by molar-refractivity contribution is 9.10. The van der Waals surface area contributed by atoms with E-state index in [1.165, 1.54) is 12.3 Å². The molecule has 7 heteroatoms. The number of hydrogen-bond acceptors (Lipinski definition) is 4. The van der Waals surface area contributed by atoms with Crippen molar-refractivity contribution < 1.29 is 4.74 Å². The minimum Gasteiger partial charge on any atom is -0.435 e. The van der Waals surface area contributed by atoms with Gasteiger partial charge >= 0.3 is 0 Å². The van der Waals surface area contributed by atoms with Gasteiger partial charge in [-0.3, -0.25) is 0 Å². The van der Waals surface area contributed by atoms with E-state index in [2.05, 4.69) is 20.9 Å². The topological polar surface area (TPSA) is 71.9 Å². The van der Waals surface area contributed by atoms with Crippen LogP contribution in [0.25, 0.3) is 0 Å². The third-order valence-electron chi connectivity index (χ3n) is 2.19. The largest absolute Gasteiger partial charge is 0.435 e. The van der Waals surface area contributed by atoms with Crippen LogP contribution in [0.1, 0.15) is 5.56 Å². The van der Waals surface area contributed by atoms with Gasteiger partial charge < -0.3 is 10.5 Å². The molecule has 0 unspecified atom stereocenters. The maximum atomic E-state index is 8.72. The molecule has 1 aromatic heterocycles. The predicted molar refractivity (Wildman–Crippen MR) is 77.6 cm³/mol. The van der Waals surface area contributed by atoms with Gasteiger partial charge in [-0.2, -0.15) is 5.26 Å². The molecule has 2 aromatic rings. The monoisotopic (exact) mass is 357 g/mol. The standard InChI is InChI=1S/C12H6BrCl2N3O/c13-7-2-9(15)11(3-8(7)14)19-12-10(17)1-6(4-16)5-18-12/h1-3,5H,17H2. The summed E-state index contributed by atoms with van der Waals surface area (Å²) >= 11 is 15.2. The summed E-state index contributed by atoms with van der Waals surface area (Å²) in [6.07, 6.45) is 1.36. The molecule has 1 heterocycles. The Labute approximate surface area is 127 Å². The lowest BCUT2D eigenvalue weighted by molar-refractivity contribution is 0.465. The molecule has 19 heavy (non-hydrogen) atoms. The Kier molecular flexibility index (Phi) is 4.15. The van der Waals surface area contributed by atoms with Crippen molar-refractivity contribution in [3.63, 3.8) is 0 Å². The first-order chi connectivity index (χ1) is 9.01. The highest BCUT2D eigenvalue weighted by Gasteiger charge is 2.11. The molecule has 2 rings (SSSR count). The molecule has 0 atom stereocenters. The van der Waals surface area contributed by atoms with E-state index in [1.54, 1.807) is 12.1 Å². The number of pyridine rings is 1. The van der Waals surface area contributed by atoms with Crippen molar-refractivity contribution in [3.8, 4) is 17.7 Å². The summed E-state index contributed by atoms with van der Waals surface area (Å²) < 4.78 is 6.15. The quantitative estimate of drug-likeness (QED) is 0.807. The molecule has 0 aliphatic rings. The number of nitrogen functional groups attached to an aromatic ring is 1. The van der Waals surface area contributed by atoms with Gasteiger partial charge in [0.25, 0.3) is 0 Å². The predicted octanol–water partition coefficient (Wildman–Crippen LogP) is 4.40. The van der Waals surface area contributed by atoms with Crippen molar-refractivity contribution in [1.82, 2.24) is 4.98 Å². The van der Waals surface area contributed by atoms with E-state index in [0.29, 0.717) is 25.8 Å². The minimum atomic E-state index is 0.166. The van der Waals surface area contributed by atoms with Crippen molar-refractivity contribution in [2.75, 3.05) is 5.73 Å². The van der Waals surface area contributed by atoms with Gasteiger partial charge in [0.1, 0.15) is 11.8 Å². The molecule has 1 aromatic carbocycles. The molecular formula is C12H6BrCl2N3O. The Morgan fingerprint density at radius 3 is 2.63 bits per heavy atom. The van der Waals surface area contributed by atoms with E-state index in [-0.39, 0.29) is 11.6 Å². The molecule has 0 fully saturated rings. The van der Waals surface area contributed by atoms with Crippen molar-refractivity contribution in [2.24, 2.45) is 0 Å². The minimum absolute atomic E-state index is 0.166. The molecule has 0 saturated heterocycles. The Morgan fingerprint density at radius 1 is 1.26 bits per heavy atom. The number of hydrogen-bond donors (Lipinski definition) is 1. The summed E-state index contributed by atoms with van der Waals surface area (Å²) in [5.74, 6) is 0.498. The van der Waals surface area contributed by atoms with Crippen molar-refractivity contribution in [3.05, 3.63) is 44.5 Å². The van der Waals surface area contributed by atoms with Crippen LogP contribution in [0.4, 0.5) is 5.69 Å². The third kappa shape index (κ3) is 3.10. The molecule has 0 amide bonds. The molecule has 0 radical (unpaired) electrons. The zero-order chi connectivity index (χ0) is 14.0. The number of nitriles is 1. The molecule has 2 N–H and O–H groups in total. The number of nitrogens with two attached hydrogens (primary N) is 1. The SMILES string of the molecule is N#Cc1cnc(Oc2cc(Cl)c(Br)cc2Cl)c(N)c1. The van der Waals surface area contributed by atoms with E-state index >= 15 is 0 Å². The number of rotatable bonds is 2. The summed E-state index contributed by atoms with van der Waals surface area (Å²) in [6, 6.07) is 6.56.